The van der Waals surface area contributed by atoms with E-state index in [1.165, 1.54) is 12.3 Å². The molecule has 1 unspecified atom stereocenters. The number of halogens is 2. The van der Waals surface area contributed by atoms with Gasteiger partial charge in [-0.25, -0.2) is 4.39 Å². The Labute approximate surface area is 92.3 Å². The average Bonchev–Trinajstić information content (AvgIpc) is 2.16. The highest BCUT2D eigenvalue weighted by molar-refractivity contribution is 9.09. The smallest absolute Gasteiger partial charge is 0.141 e. The molecule has 1 heterocycles. The van der Waals surface area contributed by atoms with E-state index in [2.05, 4.69) is 32.7 Å². The molecule has 0 radical (unpaired) electrons. The summed E-state index contributed by atoms with van der Waals surface area (Å²) in [6, 6.07) is 1.95. The van der Waals surface area contributed by atoms with Gasteiger partial charge < -0.3 is 0 Å². The lowest BCUT2D eigenvalue weighted by Crippen LogP contribution is -2.29. The molecule has 0 aliphatic heterocycles. The van der Waals surface area contributed by atoms with Gasteiger partial charge in [0.15, 0.2) is 0 Å². The number of rotatable bonds is 4. The van der Waals surface area contributed by atoms with Crippen molar-refractivity contribution in [3.8, 4) is 0 Å². The minimum absolute atomic E-state index is 0.276. The molecule has 0 aliphatic carbocycles. The normalized spacial score (nSPS) is 13.2. The lowest BCUT2D eigenvalue weighted by molar-refractivity contribution is 0.270. The van der Waals surface area contributed by atoms with E-state index in [1.54, 1.807) is 6.20 Å². The van der Waals surface area contributed by atoms with Gasteiger partial charge in [-0.05, 0) is 25.6 Å². The molecule has 1 atom stereocenters. The zero-order valence-corrected chi connectivity index (χ0v) is 9.96. The number of aromatic nitrogens is 1. The highest BCUT2D eigenvalue weighted by atomic mass is 79.9. The van der Waals surface area contributed by atoms with Crippen molar-refractivity contribution in [2.45, 2.75) is 19.5 Å². The fraction of sp³-hybridized carbons (Fsp3) is 0.500. The van der Waals surface area contributed by atoms with E-state index >= 15 is 0 Å². The Morgan fingerprint density at radius 1 is 1.57 bits per heavy atom. The second-order valence-corrected chi connectivity index (χ2v) is 4.08. The number of alkyl halides is 1. The number of hydrogen-bond acceptors (Lipinski definition) is 2. The Hall–Kier alpha value is -0.480. The standard InChI is InChI=1S/C10H14BrFN2/c1-8(4-11)14(2)7-9-3-10(12)6-13-5-9/h3,5-6,8H,4,7H2,1-2H3. The van der Waals surface area contributed by atoms with Crippen molar-refractivity contribution in [2.24, 2.45) is 0 Å². The fourth-order valence-electron chi connectivity index (χ4n) is 1.10. The summed E-state index contributed by atoms with van der Waals surface area (Å²) in [5.74, 6) is -0.276. The number of hydrogen-bond donors (Lipinski definition) is 0. The molecule has 0 amide bonds. The molecule has 0 aromatic carbocycles. The molecule has 1 rings (SSSR count). The van der Waals surface area contributed by atoms with Crippen molar-refractivity contribution >= 4 is 15.9 Å². The highest BCUT2D eigenvalue weighted by Gasteiger charge is 2.08. The third-order valence-electron chi connectivity index (χ3n) is 2.17. The first-order chi connectivity index (χ1) is 6.63. The topological polar surface area (TPSA) is 16.1 Å². The van der Waals surface area contributed by atoms with Gasteiger partial charge in [-0.2, -0.15) is 0 Å². The van der Waals surface area contributed by atoms with Crippen LogP contribution in [0.25, 0.3) is 0 Å². The molecule has 1 aromatic heterocycles. The van der Waals surface area contributed by atoms with Crippen LogP contribution in [0.4, 0.5) is 4.39 Å². The molecule has 0 fully saturated rings. The van der Waals surface area contributed by atoms with Gasteiger partial charge in [0.1, 0.15) is 5.82 Å². The predicted molar refractivity (Wildman–Crippen MR) is 58.9 cm³/mol. The van der Waals surface area contributed by atoms with Crippen molar-refractivity contribution in [3.63, 3.8) is 0 Å². The Morgan fingerprint density at radius 3 is 2.86 bits per heavy atom. The summed E-state index contributed by atoms with van der Waals surface area (Å²) in [5.41, 5.74) is 0.903. The zero-order valence-electron chi connectivity index (χ0n) is 8.37. The van der Waals surface area contributed by atoms with Gasteiger partial charge >= 0.3 is 0 Å². The molecule has 2 nitrogen and oxygen atoms in total. The molecular weight excluding hydrogens is 247 g/mol. The van der Waals surface area contributed by atoms with Crippen LogP contribution in [0.5, 0.6) is 0 Å². The van der Waals surface area contributed by atoms with Gasteiger partial charge in [-0.15, -0.1) is 0 Å². The Kier molecular flexibility index (Phi) is 4.48. The van der Waals surface area contributed by atoms with Crippen LogP contribution in [-0.4, -0.2) is 28.3 Å². The summed E-state index contributed by atoms with van der Waals surface area (Å²) in [6.45, 7) is 2.83. The molecule has 4 heteroatoms. The van der Waals surface area contributed by atoms with Crippen LogP contribution >= 0.6 is 15.9 Å². The first-order valence-corrected chi connectivity index (χ1v) is 5.61. The van der Waals surface area contributed by atoms with Crippen molar-refractivity contribution < 1.29 is 4.39 Å². The van der Waals surface area contributed by atoms with Crippen molar-refractivity contribution in [1.82, 2.24) is 9.88 Å². The van der Waals surface area contributed by atoms with Crippen LogP contribution < -0.4 is 0 Å². The summed E-state index contributed by atoms with van der Waals surface area (Å²) in [5, 5.41) is 0.909. The molecular formula is C10H14BrFN2. The Morgan fingerprint density at radius 2 is 2.29 bits per heavy atom. The van der Waals surface area contributed by atoms with Crippen LogP contribution in [0.2, 0.25) is 0 Å². The van der Waals surface area contributed by atoms with Crippen LogP contribution in [0.3, 0.4) is 0 Å². The van der Waals surface area contributed by atoms with Crippen LogP contribution in [0, 0.1) is 5.82 Å². The second-order valence-electron chi connectivity index (χ2n) is 3.43. The van der Waals surface area contributed by atoms with E-state index < -0.39 is 0 Å². The van der Waals surface area contributed by atoms with E-state index in [0.29, 0.717) is 6.04 Å². The fourth-order valence-corrected chi connectivity index (χ4v) is 1.60. The molecule has 1 aromatic rings. The molecule has 0 bridgehead atoms. The lowest BCUT2D eigenvalue weighted by Gasteiger charge is -2.22. The second kappa shape index (κ2) is 5.41. The summed E-state index contributed by atoms with van der Waals surface area (Å²) >= 11 is 3.41. The maximum atomic E-state index is 12.8. The van der Waals surface area contributed by atoms with Gasteiger partial charge in [-0.1, -0.05) is 15.9 Å². The summed E-state index contributed by atoms with van der Waals surface area (Å²) in [7, 11) is 2.01. The van der Waals surface area contributed by atoms with Gasteiger partial charge in [0.25, 0.3) is 0 Å². The molecule has 0 N–H and O–H groups in total. The molecule has 0 saturated carbocycles. The molecule has 0 saturated heterocycles. The number of pyridine rings is 1. The lowest BCUT2D eigenvalue weighted by atomic mass is 10.2. The summed E-state index contributed by atoms with van der Waals surface area (Å²) in [4.78, 5) is 5.95. The first-order valence-electron chi connectivity index (χ1n) is 4.49. The largest absolute Gasteiger partial charge is 0.299 e. The van der Waals surface area contributed by atoms with Crippen LogP contribution in [0.15, 0.2) is 18.5 Å². The van der Waals surface area contributed by atoms with Crippen LogP contribution in [-0.2, 0) is 6.54 Å². The summed E-state index contributed by atoms with van der Waals surface area (Å²) in [6.07, 6.45) is 2.91. The quantitative estimate of drug-likeness (QED) is 0.774. The zero-order chi connectivity index (χ0) is 10.6. The van der Waals surface area contributed by atoms with E-state index in [0.717, 1.165) is 17.4 Å². The maximum absolute atomic E-state index is 12.8. The minimum Gasteiger partial charge on any atom is -0.299 e. The third kappa shape index (κ3) is 3.35. The summed E-state index contributed by atoms with van der Waals surface area (Å²) < 4.78 is 12.8. The van der Waals surface area contributed by atoms with E-state index in [4.69, 9.17) is 0 Å². The van der Waals surface area contributed by atoms with Crippen molar-refractivity contribution in [3.05, 3.63) is 29.8 Å². The predicted octanol–water partition coefficient (Wildman–Crippen LogP) is 2.44. The van der Waals surface area contributed by atoms with Crippen molar-refractivity contribution in [2.75, 3.05) is 12.4 Å². The molecule has 14 heavy (non-hydrogen) atoms. The van der Waals surface area contributed by atoms with Gasteiger partial charge in [-0.3, -0.25) is 9.88 Å². The van der Waals surface area contributed by atoms with E-state index in [9.17, 15) is 4.39 Å². The van der Waals surface area contributed by atoms with Gasteiger partial charge in [0.05, 0.1) is 6.20 Å². The van der Waals surface area contributed by atoms with Crippen LogP contribution in [0.1, 0.15) is 12.5 Å². The van der Waals surface area contributed by atoms with E-state index in [-0.39, 0.29) is 5.82 Å². The van der Waals surface area contributed by atoms with E-state index in [1.807, 2.05) is 7.05 Å². The number of nitrogens with zero attached hydrogens (tertiary/aromatic N) is 2. The average molecular weight is 261 g/mol. The molecule has 0 spiro atoms. The SMILES string of the molecule is CC(CBr)N(C)Cc1cncc(F)c1. The Bertz CT molecular complexity index is 293. The molecule has 0 aliphatic rings. The van der Waals surface area contributed by atoms with Crippen molar-refractivity contribution in [1.29, 1.82) is 0 Å². The first kappa shape index (κ1) is 11.6. The minimum atomic E-state index is -0.276. The maximum Gasteiger partial charge on any atom is 0.141 e. The third-order valence-corrected chi connectivity index (χ3v) is 3.11. The van der Waals surface area contributed by atoms with Gasteiger partial charge in [0.2, 0.25) is 0 Å². The monoisotopic (exact) mass is 260 g/mol. The van der Waals surface area contributed by atoms with Gasteiger partial charge in [0, 0.05) is 24.1 Å². The Balaban J connectivity index is 2.60. The highest BCUT2D eigenvalue weighted by Crippen LogP contribution is 2.07. The molecule has 78 valence electrons.